The highest BCUT2D eigenvalue weighted by molar-refractivity contribution is 5.80. The molecule has 2 N–H and O–H groups in total. The zero-order chi connectivity index (χ0) is 10.9. The molecule has 0 radical (unpaired) electrons. The monoisotopic (exact) mass is 200 g/mol. The first kappa shape index (κ1) is 11.0. The van der Waals surface area contributed by atoms with Crippen LogP contribution in [0.2, 0.25) is 0 Å². The van der Waals surface area contributed by atoms with Gasteiger partial charge in [0.05, 0.1) is 11.8 Å². The van der Waals surface area contributed by atoms with Crippen LogP contribution in [-0.2, 0) is 9.59 Å². The molecule has 0 aliphatic heterocycles. The average Bonchev–Trinajstić information content (AvgIpc) is 2.08. The summed E-state index contributed by atoms with van der Waals surface area (Å²) in [6.45, 7) is 3.97. The standard InChI is InChI=1S/C10H16O4/c1-5-3-7(9(11)12)8(10(13)14)4-6(5)2/h5-8H,3-4H2,1-2H3,(H,11,12)(H,13,14)/t5-,6-,7-,8+/m0/s1. The summed E-state index contributed by atoms with van der Waals surface area (Å²) >= 11 is 0. The summed E-state index contributed by atoms with van der Waals surface area (Å²) in [5.41, 5.74) is 0. The molecule has 0 unspecified atom stereocenters. The summed E-state index contributed by atoms with van der Waals surface area (Å²) in [6.07, 6.45) is 0.959. The molecule has 0 amide bonds. The molecule has 80 valence electrons. The molecular weight excluding hydrogens is 184 g/mol. The molecule has 1 rings (SSSR count). The number of carboxylic acids is 2. The first-order valence-corrected chi connectivity index (χ1v) is 4.89. The molecule has 0 heterocycles. The third-order valence-corrected chi connectivity index (χ3v) is 3.34. The zero-order valence-electron chi connectivity index (χ0n) is 8.43. The first-order chi connectivity index (χ1) is 6.43. The predicted molar refractivity (Wildman–Crippen MR) is 49.8 cm³/mol. The Morgan fingerprint density at radius 1 is 0.929 bits per heavy atom. The van der Waals surface area contributed by atoms with Crippen LogP contribution in [-0.4, -0.2) is 22.2 Å². The van der Waals surface area contributed by atoms with Crippen LogP contribution in [0.25, 0.3) is 0 Å². The normalized spacial score (nSPS) is 37.9. The van der Waals surface area contributed by atoms with Gasteiger partial charge in [-0.3, -0.25) is 9.59 Å². The van der Waals surface area contributed by atoms with Crippen LogP contribution in [0.15, 0.2) is 0 Å². The molecule has 0 bridgehead atoms. The summed E-state index contributed by atoms with van der Waals surface area (Å²) < 4.78 is 0. The molecule has 4 heteroatoms. The molecule has 0 aromatic carbocycles. The van der Waals surface area contributed by atoms with Crippen molar-refractivity contribution in [3.05, 3.63) is 0 Å². The van der Waals surface area contributed by atoms with Gasteiger partial charge in [-0.1, -0.05) is 13.8 Å². The van der Waals surface area contributed by atoms with E-state index in [1.165, 1.54) is 0 Å². The van der Waals surface area contributed by atoms with Crippen molar-refractivity contribution in [3.8, 4) is 0 Å². The van der Waals surface area contributed by atoms with Gasteiger partial charge < -0.3 is 10.2 Å². The first-order valence-electron chi connectivity index (χ1n) is 4.89. The maximum absolute atomic E-state index is 10.9. The van der Waals surface area contributed by atoms with E-state index in [4.69, 9.17) is 10.2 Å². The van der Waals surface area contributed by atoms with Crippen molar-refractivity contribution in [1.82, 2.24) is 0 Å². The van der Waals surface area contributed by atoms with Crippen molar-refractivity contribution in [2.24, 2.45) is 23.7 Å². The second kappa shape index (κ2) is 3.98. The molecule has 1 aliphatic rings. The average molecular weight is 200 g/mol. The largest absolute Gasteiger partial charge is 0.481 e. The lowest BCUT2D eigenvalue weighted by atomic mass is 9.69. The van der Waals surface area contributed by atoms with Crippen LogP contribution in [0.3, 0.4) is 0 Å². The van der Waals surface area contributed by atoms with Crippen LogP contribution in [0.4, 0.5) is 0 Å². The van der Waals surface area contributed by atoms with Gasteiger partial charge in [-0.15, -0.1) is 0 Å². The van der Waals surface area contributed by atoms with E-state index in [-0.39, 0.29) is 0 Å². The third kappa shape index (κ3) is 2.05. The second-order valence-electron chi connectivity index (χ2n) is 4.32. The summed E-state index contributed by atoms with van der Waals surface area (Å²) in [6, 6.07) is 0. The molecule has 0 spiro atoms. The maximum Gasteiger partial charge on any atom is 0.307 e. The molecule has 1 fully saturated rings. The van der Waals surface area contributed by atoms with E-state index >= 15 is 0 Å². The number of carbonyl (C=O) groups is 2. The number of aliphatic carboxylic acids is 2. The van der Waals surface area contributed by atoms with Crippen molar-refractivity contribution >= 4 is 11.9 Å². The van der Waals surface area contributed by atoms with Crippen molar-refractivity contribution < 1.29 is 19.8 Å². The van der Waals surface area contributed by atoms with Crippen LogP contribution >= 0.6 is 0 Å². The fourth-order valence-electron chi connectivity index (χ4n) is 2.14. The second-order valence-corrected chi connectivity index (χ2v) is 4.32. The summed E-state index contributed by atoms with van der Waals surface area (Å²) in [5, 5.41) is 17.8. The van der Waals surface area contributed by atoms with Crippen LogP contribution in [0, 0.1) is 23.7 Å². The number of carboxylic acid groups (broad SMARTS) is 2. The zero-order valence-corrected chi connectivity index (χ0v) is 8.43. The SMILES string of the molecule is C[C@H]1C[C@H](C(=O)O)[C@H](C(=O)O)C[C@@H]1C. The molecule has 0 aromatic rings. The highest BCUT2D eigenvalue weighted by Crippen LogP contribution is 2.37. The quantitative estimate of drug-likeness (QED) is 0.707. The summed E-state index contributed by atoms with van der Waals surface area (Å²) in [7, 11) is 0. The Labute approximate surface area is 82.9 Å². The summed E-state index contributed by atoms with van der Waals surface area (Å²) in [5.74, 6) is -2.77. The minimum absolute atomic E-state index is 0.298. The summed E-state index contributed by atoms with van der Waals surface area (Å²) in [4.78, 5) is 21.7. The number of hydrogen-bond donors (Lipinski definition) is 2. The van der Waals surface area contributed by atoms with Crippen LogP contribution in [0.5, 0.6) is 0 Å². The van der Waals surface area contributed by atoms with E-state index in [1.54, 1.807) is 0 Å². The van der Waals surface area contributed by atoms with Gasteiger partial charge >= 0.3 is 11.9 Å². The fraction of sp³-hybridized carbons (Fsp3) is 0.800. The van der Waals surface area contributed by atoms with Crippen LogP contribution in [0.1, 0.15) is 26.7 Å². The van der Waals surface area contributed by atoms with Crippen molar-refractivity contribution in [1.29, 1.82) is 0 Å². The molecule has 1 aliphatic carbocycles. The van der Waals surface area contributed by atoms with E-state index in [9.17, 15) is 9.59 Å². The van der Waals surface area contributed by atoms with E-state index in [0.717, 1.165) is 0 Å². The lowest BCUT2D eigenvalue weighted by molar-refractivity contribution is -0.157. The van der Waals surface area contributed by atoms with Crippen molar-refractivity contribution in [2.75, 3.05) is 0 Å². The Morgan fingerprint density at radius 3 is 1.43 bits per heavy atom. The van der Waals surface area contributed by atoms with Crippen molar-refractivity contribution in [3.63, 3.8) is 0 Å². The molecule has 14 heavy (non-hydrogen) atoms. The Balaban J connectivity index is 2.80. The number of hydrogen-bond acceptors (Lipinski definition) is 2. The molecule has 0 saturated heterocycles. The smallest absolute Gasteiger partial charge is 0.307 e. The Morgan fingerprint density at radius 2 is 1.21 bits per heavy atom. The van der Waals surface area contributed by atoms with E-state index in [0.29, 0.717) is 24.7 Å². The van der Waals surface area contributed by atoms with Gasteiger partial charge in [0.1, 0.15) is 0 Å². The number of rotatable bonds is 2. The topological polar surface area (TPSA) is 74.6 Å². The van der Waals surface area contributed by atoms with Gasteiger partial charge in [-0.25, -0.2) is 0 Å². The van der Waals surface area contributed by atoms with Gasteiger partial charge in [0.25, 0.3) is 0 Å². The van der Waals surface area contributed by atoms with Gasteiger partial charge in [0.2, 0.25) is 0 Å². The Hall–Kier alpha value is -1.06. The molecular formula is C10H16O4. The van der Waals surface area contributed by atoms with Gasteiger partial charge in [0, 0.05) is 0 Å². The Kier molecular flexibility index (Phi) is 3.13. The molecule has 0 aromatic heterocycles. The minimum atomic E-state index is -0.976. The molecule has 1 saturated carbocycles. The maximum atomic E-state index is 10.9. The van der Waals surface area contributed by atoms with E-state index in [1.807, 2.05) is 13.8 Å². The van der Waals surface area contributed by atoms with E-state index in [2.05, 4.69) is 0 Å². The molecule has 4 nitrogen and oxygen atoms in total. The Bertz CT molecular complexity index is 223. The van der Waals surface area contributed by atoms with Gasteiger partial charge in [-0.05, 0) is 24.7 Å². The third-order valence-electron chi connectivity index (χ3n) is 3.34. The van der Waals surface area contributed by atoms with Crippen LogP contribution < -0.4 is 0 Å². The molecule has 4 atom stereocenters. The predicted octanol–water partition coefficient (Wildman–Crippen LogP) is 1.45. The highest BCUT2D eigenvalue weighted by Gasteiger charge is 2.40. The van der Waals surface area contributed by atoms with E-state index < -0.39 is 23.8 Å². The highest BCUT2D eigenvalue weighted by atomic mass is 16.4. The minimum Gasteiger partial charge on any atom is -0.481 e. The van der Waals surface area contributed by atoms with Gasteiger partial charge in [0.15, 0.2) is 0 Å². The lowest BCUT2D eigenvalue weighted by Crippen LogP contribution is -2.38. The fourth-order valence-corrected chi connectivity index (χ4v) is 2.14. The lowest BCUT2D eigenvalue weighted by Gasteiger charge is -2.34. The van der Waals surface area contributed by atoms with Gasteiger partial charge in [-0.2, -0.15) is 0 Å². The van der Waals surface area contributed by atoms with Crippen molar-refractivity contribution in [2.45, 2.75) is 26.7 Å².